The minimum Gasteiger partial charge on any atom is -0.469 e. The molecule has 16 heavy (non-hydrogen) atoms. The highest BCUT2D eigenvalue weighted by Gasteiger charge is 2.31. The van der Waals surface area contributed by atoms with Gasteiger partial charge in [0.05, 0.1) is 13.0 Å². The molecule has 0 aliphatic heterocycles. The molecular weight excluding hydrogens is 206 g/mol. The Kier molecular flexibility index (Phi) is 5.29. The normalized spacial score (nSPS) is 18.9. The van der Waals surface area contributed by atoms with Gasteiger partial charge in [0.25, 0.3) is 0 Å². The molecule has 1 rings (SSSR count). The first kappa shape index (κ1) is 13.0. The van der Waals surface area contributed by atoms with Gasteiger partial charge < -0.3 is 10.1 Å². The van der Waals surface area contributed by atoms with E-state index < -0.39 is 0 Å². The zero-order chi connectivity index (χ0) is 12.0. The first-order valence-electron chi connectivity index (χ1n) is 5.97. The average Bonchev–Trinajstić information content (AvgIpc) is 2.35. The van der Waals surface area contributed by atoms with E-state index in [0.29, 0.717) is 5.92 Å². The van der Waals surface area contributed by atoms with Crippen molar-refractivity contribution in [2.75, 3.05) is 14.2 Å². The maximum absolute atomic E-state index is 11.7. The van der Waals surface area contributed by atoms with E-state index in [4.69, 9.17) is 4.74 Å². The van der Waals surface area contributed by atoms with Crippen LogP contribution in [0.3, 0.4) is 0 Å². The fourth-order valence-corrected chi connectivity index (χ4v) is 2.43. The van der Waals surface area contributed by atoms with E-state index in [1.54, 1.807) is 7.05 Å². The number of hydrogen-bond donors (Lipinski definition) is 1. The van der Waals surface area contributed by atoms with Crippen molar-refractivity contribution in [3.05, 3.63) is 0 Å². The van der Waals surface area contributed by atoms with Gasteiger partial charge >= 0.3 is 5.97 Å². The Labute approximate surface area is 96.7 Å². The van der Waals surface area contributed by atoms with Crippen molar-refractivity contribution >= 4 is 11.9 Å². The van der Waals surface area contributed by atoms with Gasteiger partial charge in [0, 0.05) is 13.5 Å². The van der Waals surface area contributed by atoms with E-state index in [1.807, 2.05) is 0 Å². The fraction of sp³-hybridized carbons (Fsp3) is 0.833. The Morgan fingerprint density at radius 2 is 1.94 bits per heavy atom. The third kappa shape index (κ3) is 3.51. The lowest BCUT2D eigenvalue weighted by Gasteiger charge is -2.27. The number of ether oxygens (including phenoxy) is 1. The minimum absolute atomic E-state index is 0.0824. The topological polar surface area (TPSA) is 55.4 Å². The van der Waals surface area contributed by atoms with Crippen LogP contribution in [0.1, 0.15) is 38.5 Å². The lowest BCUT2D eigenvalue weighted by Crippen LogP contribution is -2.32. The summed E-state index contributed by atoms with van der Waals surface area (Å²) in [6.45, 7) is 0. The molecule has 1 amide bonds. The van der Waals surface area contributed by atoms with Crippen molar-refractivity contribution in [3.63, 3.8) is 0 Å². The van der Waals surface area contributed by atoms with E-state index in [0.717, 1.165) is 25.7 Å². The molecule has 1 fully saturated rings. The van der Waals surface area contributed by atoms with Crippen LogP contribution >= 0.6 is 0 Å². The lowest BCUT2D eigenvalue weighted by molar-refractivity contribution is -0.150. The maximum atomic E-state index is 11.7. The predicted molar refractivity (Wildman–Crippen MR) is 60.8 cm³/mol. The van der Waals surface area contributed by atoms with Gasteiger partial charge in [0.15, 0.2) is 0 Å². The number of nitrogens with one attached hydrogen (secondary N) is 1. The molecule has 0 heterocycles. The summed E-state index contributed by atoms with van der Waals surface area (Å²) in [4.78, 5) is 23.0. The Morgan fingerprint density at radius 1 is 1.31 bits per heavy atom. The lowest BCUT2D eigenvalue weighted by atomic mass is 9.78. The molecule has 1 saturated carbocycles. The quantitative estimate of drug-likeness (QED) is 0.740. The van der Waals surface area contributed by atoms with Crippen molar-refractivity contribution < 1.29 is 14.3 Å². The third-order valence-electron chi connectivity index (χ3n) is 3.41. The number of rotatable bonds is 4. The number of esters is 1. The van der Waals surface area contributed by atoms with E-state index in [2.05, 4.69) is 5.32 Å². The molecule has 0 aromatic rings. The Morgan fingerprint density at radius 3 is 2.44 bits per heavy atom. The van der Waals surface area contributed by atoms with Crippen LogP contribution in [0, 0.1) is 11.8 Å². The fourth-order valence-electron chi connectivity index (χ4n) is 2.43. The highest BCUT2D eigenvalue weighted by atomic mass is 16.5. The molecule has 0 radical (unpaired) electrons. The highest BCUT2D eigenvalue weighted by Crippen LogP contribution is 2.32. The molecule has 0 saturated heterocycles. The molecule has 0 aromatic carbocycles. The second kappa shape index (κ2) is 6.51. The van der Waals surface area contributed by atoms with E-state index in [1.165, 1.54) is 13.5 Å². The van der Waals surface area contributed by atoms with Gasteiger partial charge in [-0.25, -0.2) is 0 Å². The molecule has 0 spiro atoms. The van der Waals surface area contributed by atoms with Crippen molar-refractivity contribution in [1.29, 1.82) is 0 Å². The van der Waals surface area contributed by atoms with Gasteiger partial charge in [0.1, 0.15) is 0 Å². The van der Waals surface area contributed by atoms with Crippen LogP contribution in [0.4, 0.5) is 0 Å². The second-order valence-electron chi connectivity index (χ2n) is 4.41. The Balaban J connectivity index is 2.61. The van der Waals surface area contributed by atoms with Crippen molar-refractivity contribution in [2.45, 2.75) is 38.5 Å². The van der Waals surface area contributed by atoms with Crippen molar-refractivity contribution in [2.24, 2.45) is 11.8 Å². The predicted octanol–water partition coefficient (Wildman–Crippen LogP) is 1.49. The van der Waals surface area contributed by atoms with Crippen LogP contribution < -0.4 is 5.32 Å². The SMILES string of the molecule is CNC(=O)C[C@H](C(=O)OC)C1CCCCC1. The zero-order valence-electron chi connectivity index (χ0n) is 10.1. The number of amides is 1. The first-order chi connectivity index (χ1) is 7.69. The smallest absolute Gasteiger partial charge is 0.309 e. The molecule has 1 N–H and O–H groups in total. The van der Waals surface area contributed by atoms with Crippen LogP contribution in [0.15, 0.2) is 0 Å². The van der Waals surface area contributed by atoms with Gasteiger partial charge in [-0.15, -0.1) is 0 Å². The summed E-state index contributed by atoms with van der Waals surface area (Å²) in [6.07, 6.45) is 5.89. The summed E-state index contributed by atoms with van der Waals surface area (Å²) in [5.74, 6) is -0.264. The number of methoxy groups -OCH3 is 1. The molecule has 0 unspecified atom stereocenters. The van der Waals surface area contributed by atoms with E-state index in [9.17, 15) is 9.59 Å². The van der Waals surface area contributed by atoms with Crippen molar-refractivity contribution in [3.8, 4) is 0 Å². The average molecular weight is 227 g/mol. The van der Waals surface area contributed by atoms with E-state index in [-0.39, 0.29) is 24.2 Å². The minimum atomic E-state index is -0.259. The standard InChI is InChI=1S/C12H21NO3/c1-13-11(14)8-10(12(15)16-2)9-6-4-3-5-7-9/h9-10H,3-8H2,1-2H3,(H,13,14)/t10-/m0/s1. The Hall–Kier alpha value is -1.06. The molecular formula is C12H21NO3. The van der Waals surface area contributed by atoms with E-state index >= 15 is 0 Å². The van der Waals surface area contributed by atoms with Gasteiger partial charge in [-0.05, 0) is 18.8 Å². The van der Waals surface area contributed by atoms with Crippen LogP contribution in [0.5, 0.6) is 0 Å². The van der Waals surface area contributed by atoms with Crippen LogP contribution in [-0.2, 0) is 14.3 Å². The molecule has 92 valence electrons. The summed E-state index contributed by atoms with van der Waals surface area (Å²) in [7, 11) is 2.99. The van der Waals surface area contributed by atoms with Crippen molar-refractivity contribution in [1.82, 2.24) is 5.32 Å². The molecule has 1 atom stereocenters. The molecule has 1 aliphatic rings. The summed E-state index contributed by atoms with van der Waals surface area (Å²) in [6, 6.07) is 0. The highest BCUT2D eigenvalue weighted by molar-refractivity contribution is 5.83. The van der Waals surface area contributed by atoms with Crippen LogP contribution in [0.25, 0.3) is 0 Å². The van der Waals surface area contributed by atoms with Crippen LogP contribution in [0.2, 0.25) is 0 Å². The molecule has 0 aromatic heterocycles. The third-order valence-corrected chi connectivity index (χ3v) is 3.41. The van der Waals surface area contributed by atoms with Gasteiger partial charge in [-0.3, -0.25) is 9.59 Å². The molecule has 1 aliphatic carbocycles. The maximum Gasteiger partial charge on any atom is 0.309 e. The summed E-state index contributed by atoms with van der Waals surface area (Å²) in [5, 5.41) is 2.57. The number of carbonyl (C=O) groups is 2. The molecule has 4 nitrogen and oxygen atoms in total. The van der Waals surface area contributed by atoms with Gasteiger partial charge in [-0.1, -0.05) is 19.3 Å². The summed E-state index contributed by atoms with van der Waals surface area (Å²) < 4.78 is 4.79. The summed E-state index contributed by atoms with van der Waals surface area (Å²) >= 11 is 0. The largest absolute Gasteiger partial charge is 0.469 e. The zero-order valence-corrected chi connectivity index (χ0v) is 10.1. The molecule has 0 bridgehead atoms. The number of hydrogen-bond acceptors (Lipinski definition) is 3. The summed E-state index contributed by atoms with van der Waals surface area (Å²) in [5.41, 5.74) is 0. The second-order valence-corrected chi connectivity index (χ2v) is 4.41. The van der Waals surface area contributed by atoms with Gasteiger partial charge in [0.2, 0.25) is 5.91 Å². The monoisotopic (exact) mass is 227 g/mol. The molecule has 4 heteroatoms. The van der Waals surface area contributed by atoms with Crippen LogP contribution in [-0.4, -0.2) is 26.0 Å². The first-order valence-corrected chi connectivity index (χ1v) is 5.97. The van der Waals surface area contributed by atoms with Gasteiger partial charge in [-0.2, -0.15) is 0 Å². The Bertz CT molecular complexity index is 247. The number of carbonyl (C=O) groups excluding carboxylic acids is 2.